The van der Waals surface area contributed by atoms with Crippen molar-refractivity contribution in [2.24, 2.45) is 5.73 Å². The SMILES string of the molecule is CC(C)NC(=O)CNc1nnccc1C(N)=S. The molecule has 0 saturated heterocycles. The summed E-state index contributed by atoms with van der Waals surface area (Å²) in [4.78, 5) is 11.6. The zero-order chi connectivity index (χ0) is 12.8. The molecule has 0 atom stereocenters. The van der Waals surface area contributed by atoms with Crippen LogP contribution in [0.1, 0.15) is 19.4 Å². The predicted molar refractivity (Wildman–Crippen MR) is 69.7 cm³/mol. The number of nitrogens with one attached hydrogen (secondary N) is 2. The van der Waals surface area contributed by atoms with Gasteiger partial charge in [-0.25, -0.2) is 0 Å². The first-order valence-corrected chi connectivity index (χ1v) is 5.56. The number of hydrogen-bond acceptors (Lipinski definition) is 5. The van der Waals surface area contributed by atoms with E-state index in [2.05, 4.69) is 20.8 Å². The number of amides is 1. The van der Waals surface area contributed by atoms with Gasteiger partial charge in [-0.1, -0.05) is 12.2 Å². The van der Waals surface area contributed by atoms with Crippen LogP contribution in [0, 0.1) is 0 Å². The van der Waals surface area contributed by atoms with Crippen molar-refractivity contribution in [2.75, 3.05) is 11.9 Å². The fourth-order valence-electron chi connectivity index (χ4n) is 1.20. The molecule has 0 unspecified atom stereocenters. The summed E-state index contributed by atoms with van der Waals surface area (Å²) in [5.74, 6) is 0.290. The minimum absolute atomic E-state index is 0.0983. The Hall–Kier alpha value is -1.76. The zero-order valence-corrected chi connectivity index (χ0v) is 10.5. The molecule has 4 N–H and O–H groups in total. The summed E-state index contributed by atoms with van der Waals surface area (Å²) in [6.07, 6.45) is 1.49. The molecular weight excluding hydrogens is 238 g/mol. The molecule has 17 heavy (non-hydrogen) atoms. The molecule has 0 spiro atoms. The predicted octanol–water partition coefficient (Wildman–Crippen LogP) is 0.0473. The highest BCUT2D eigenvalue weighted by molar-refractivity contribution is 7.80. The topological polar surface area (TPSA) is 92.9 Å². The van der Waals surface area contributed by atoms with Crippen LogP contribution in [0.2, 0.25) is 0 Å². The molecule has 0 fully saturated rings. The van der Waals surface area contributed by atoms with Gasteiger partial charge in [-0.15, -0.1) is 5.10 Å². The maximum absolute atomic E-state index is 11.4. The highest BCUT2D eigenvalue weighted by Crippen LogP contribution is 2.08. The van der Waals surface area contributed by atoms with Crippen molar-refractivity contribution in [1.29, 1.82) is 0 Å². The van der Waals surface area contributed by atoms with E-state index >= 15 is 0 Å². The number of aromatic nitrogens is 2. The Morgan fingerprint density at radius 3 is 2.88 bits per heavy atom. The van der Waals surface area contributed by atoms with Crippen molar-refractivity contribution in [2.45, 2.75) is 19.9 Å². The molecule has 1 heterocycles. The minimum atomic E-state index is -0.125. The zero-order valence-electron chi connectivity index (χ0n) is 9.73. The van der Waals surface area contributed by atoms with E-state index in [0.29, 0.717) is 11.4 Å². The molecule has 7 heteroatoms. The van der Waals surface area contributed by atoms with Gasteiger partial charge >= 0.3 is 0 Å². The number of rotatable bonds is 5. The first-order valence-electron chi connectivity index (χ1n) is 5.15. The number of anilines is 1. The smallest absolute Gasteiger partial charge is 0.239 e. The van der Waals surface area contributed by atoms with Gasteiger partial charge in [-0.05, 0) is 19.9 Å². The first-order chi connectivity index (χ1) is 8.00. The number of carbonyl (C=O) groups is 1. The van der Waals surface area contributed by atoms with Crippen LogP contribution < -0.4 is 16.4 Å². The molecule has 1 rings (SSSR count). The third-order valence-electron chi connectivity index (χ3n) is 1.85. The van der Waals surface area contributed by atoms with Crippen molar-refractivity contribution < 1.29 is 4.79 Å². The summed E-state index contributed by atoms with van der Waals surface area (Å²) < 4.78 is 0. The van der Waals surface area contributed by atoms with Crippen molar-refractivity contribution in [3.63, 3.8) is 0 Å². The molecule has 1 amide bonds. The van der Waals surface area contributed by atoms with Crippen LogP contribution in [0.5, 0.6) is 0 Å². The molecule has 0 saturated carbocycles. The quantitative estimate of drug-likeness (QED) is 0.642. The van der Waals surface area contributed by atoms with Gasteiger partial charge in [-0.3, -0.25) is 4.79 Å². The lowest BCUT2D eigenvalue weighted by atomic mass is 10.3. The summed E-state index contributed by atoms with van der Waals surface area (Å²) in [6.45, 7) is 3.88. The third kappa shape index (κ3) is 4.31. The summed E-state index contributed by atoms with van der Waals surface area (Å²) in [6, 6.07) is 1.75. The first kappa shape index (κ1) is 13.3. The van der Waals surface area contributed by atoms with E-state index in [9.17, 15) is 4.79 Å². The number of nitrogens with two attached hydrogens (primary N) is 1. The third-order valence-corrected chi connectivity index (χ3v) is 2.07. The average molecular weight is 253 g/mol. The van der Waals surface area contributed by atoms with E-state index in [0.717, 1.165) is 0 Å². The molecule has 92 valence electrons. The second-order valence-electron chi connectivity index (χ2n) is 3.73. The number of thiocarbonyl (C=S) groups is 1. The van der Waals surface area contributed by atoms with E-state index in [1.54, 1.807) is 6.07 Å². The fourth-order valence-corrected chi connectivity index (χ4v) is 1.36. The molecule has 1 aromatic heterocycles. The van der Waals surface area contributed by atoms with Gasteiger partial charge in [0.2, 0.25) is 5.91 Å². The van der Waals surface area contributed by atoms with E-state index in [4.69, 9.17) is 18.0 Å². The lowest BCUT2D eigenvalue weighted by molar-refractivity contribution is -0.119. The van der Waals surface area contributed by atoms with E-state index < -0.39 is 0 Å². The minimum Gasteiger partial charge on any atom is -0.389 e. The van der Waals surface area contributed by atoms with Crippen molar-refractivity contribution in [1.82, 2.24) is 15.5 Å². The van der Waals surface area contributed by atoms with Gasteiger partial charge in [0.15, 0.2) is 5.82 Å². The van der Waals surface area contributed by atoms with Crippen molar-refractivity contribution in [3.8, 4) is 0 Å². The van der Waals surface area contributed by atoms with Gasteiger partial charge in [0.25, 0.3) is 0 Å². The Kier molecular flexibility index (Phi) is 4.77. The molecule has 0 aliphatic carbocycles. The van der Waals surface area contributed by atoms with Crippen LogP contribution in [0.3, 0.4) is 0 Å². The maximum atomic E-state index is 11.4. The van der Waals surface area contributed by atoms with E-state index in [1.807, 2.05) is 13.8 Å². The number of nitrogens with zero attached hydrogens (tertiary/aromatic N) is 2. The molecule has 0 aliphatic heterocycles. The highest BCUT2D eigenvalue weighted by Gasteiger charge is 2.08. The second-order valence-corrected chi connectivity index (χ2v) is 4.17. The van der Waals surface area contributed by atoms with Crippen LogP contribution in [0.15, 0.2) is 12.3 Å². The van der Waals surface area contributed by atoms with Crippen LogP contribution in [0.25, 0.3) is 0 Å². The van der Waals surface area contributed by atoms with Crippen LogP contribution in [-0.2, 0) is 4.79 Å². The Bertz CT molecular complexity index is 421. The lowest BCUT2D eigenvalue weighted by Gasteiger charge is -2.11. The van der Waals surface area contributed by atoms with Gasteiger partial charge < -0.3 is 16.4 Å². The van der Waals surface area contributed by atoms with Crippen molar-refractivity contribution in [3.05, 3.63) is 17.8 Å². The van der Waals surface area contributed by atoms with Gasteiger partial charge in [-0.2, -0.15) is 5.10 Å². The van der Waals surface area contributed by atoms with Gasteiger partial charge in [0.05, 0.1) is 18.3 Å². The number of hydrogen-bond donors (Lipinski definition) is 3. The summed E-state index contributed by atoms with van der Waals surface area (Å²) in [5.41, 5.74) is 6.10. The molecule has 0 aliphatic rings. The summed E-state index contributed by atoms with van der Waals surface area (Å²) in [5, 5.41) is 13.1. The number of carbonyl (C=O) groups excluding carboxylic acids is 1. The maximum Gasteiger partial charge on any atom is 0.239 e. The fraction of sp³-hybridized carbons (Fsp3) is 0.400. The highest BCUT2D eigenvalue weighted by atomic mass is 32.1. The van der Waals surface area contributed by atoms with Crippen LogP contribution in [0.4, 0.5) is 5.82 Å². The molecule has 0 aromatic carbocycles. The van der Waals surface area contributed by atoms with E-state index in [1.165, 1.54) is 6.20 Å². The Labute approximate surface area is 105 Å². The molecular formula is C10H15N5OS. The Morgan fingerprint density at radius 2 is 2.29 bits per heavy atom. The van der Waals surface area contributed by atoms with E-state index in [-0.39, 0.29) is 23.5 Å². The molecule has 1 aromatic rings. The summed E-state index contributed by atoms with van der Waals surface area (Å²) >= 11 is 4.87. The van der Waals surface area contributed by atoms with Gasteiger partial charge in [0, 0.05) is 6.04 Å². The molecule has 0 radical (unpaired) electrons. The average Bonchev–Trinajstić information content (AvgIpc) is 2.25. The van der Waals surface area contributed by atoms with Crippen LogP contribution >= 0.6 is 12.2 Å². The molecule has 6 nitrogen and oxygen atoms in total. The van der Waals surface area contributed by atoms with Crippen LogP contribution in [-0.4, -0.2) is 33.7 Å². The summed E-state index contributed by atoms with van der Waals surface area (Å²) in [7, 11) is 0. The lowest BCUT2D eigenvalue weighted by Crippen LogP contribution is -2.35. The Morgan fingerprint density at radius 1 is 1.59 bits per heavy atom. The Balaban J connectivity index is 2.63. The molecule has 0 bridgehead atoms. The van der Waals surface area contributed by atoms with Gasteiger partial charge in [0.1, 0.15) is 4.99 Å². The normalized spacial score (nSPS) is 10.1. The largest absolute Gasteiger partial charge is 0.389 e. The standard InChI is InChI=1S/C10H15N5OS/c1-6(2)14-8(16)5-12-10-7(9(11)17)3-4-13-15-10/h3-4,6H,5H2,1-2H3,(H2,11,17)(H,12,15)(H,14,16). The van der Waals surface area contributed by atoms with Crippen molar-refractivity contribution >= 4 is 28.9 Å². The monoisotopic (exact) mass is 253 g/mol. The second kappa shape index (κ2) is 6.09.